The number of hydrogen-bond acceptors (Lipinski definition) is 3. The average Bonchev–Trinajstić information content (AvgIpc) is 2.95. The number of nitrogens with one attached hydrogen (secondary N) is 1. The summed E-state index contributed by atoms with van der Waals surface area (Å²) in [4.78, 5) is 24.6. The molecular formula is C17H24N2O3. The van der Waals surface area contributed by atoms with E-state index in [1.165, 1.54) is 5.56 Å². The maximum atomic E-state index is 11.9. The minimum Gasteiger partial charge on any atom is -0.480 e. The van der Waals surface area contributed by atoms with Crippen LogP contribution in [0, 0.1) is 0 Å². The number of aliphatic carboxylic acids is 1. The van der Waals surface area contributed by atoms with Gasteiger partial charge in [-0.25, -0.2) is 0 Å². The highest BCUT2D eigenvalue weighted by atomic mass is 16.4. The molecule has 1 saturated heterocycles. The summed E-state index contributed by atoms with van der Waals surface area (Å²) in [5, 5.41) is 11.1. The predicted octanol–water partition coefficient (Wildman–Crippen LogP) is 1.85. The van der Waals surface area contributed by atoms with E-state index in [-0.39, 0.29) is 19.0 Å². The summed E-state index contributed by atoms with van der Waals surface area (Å²) in [5.41, 5.74) is 1.31. The molecule has 0 saturated carbocycles. The monoisotopic (exact) mass is 304 g/mol. The zero-order valence-electron chi connectivity index (χ0n) is 13.0. The molecule has 0 bridgehead atoms. The molecule has 1 heterocycles. The Morgan fingerprint density at radius 1 is 1.36 bits per heavy atom. The van der Waals surface area contributed by atoms with Crippen LogP contribution in [0.5, 0.6) is 0 Å². The second-order valence-electron chi connectivity index (χ2n) is 5.78. The van der Waals surface area contributed by atoms with Crippen molar-refractivity contribution < 1.29 is 14.7 Å². The van der Waals surface area contributed by atoms with Crippen LogP contribution in [0.3, 0.4) is 0 Å². The third kappa shape index (κ3) is 4.31. The van der Waals surface area contributed by atoms with E-state index in [0.717, 1.165) is 25.8 Å². The van der Waals surface area contributed by atoms with Gasteiger partial charge in [-0.15, -0.1) is 0 Å². The van der Waals surface area contributed by atoms with Gasteiger partial charge >= 0.3 is 5.97 Å². The lowest BCUT2D eigenvalue weighted by Crippen LogP contribution is -2.43. The third-order valence-corrected chi connectivity index (χ3v) is 4.33. The first-order valence-electron chi connectivity index (χ1n) is 7.89. The lowest BCUT2D eigenvalue weighted by atomic mass is 9.87. The van der Waals surface area contributed by atoms with Crippen molar-refractivity contribution in [2.75, 3.05) is 19.6 Å². The number of nitrogens with zero attached hydrogens (tertiary/aromatic N) is 1. The molecule has 1 aromatic carbocycles. The Morgan fingerprint density at radius 2 is 2.09 bits per heavy atom. The zero-order chi connectivity index (χ0) is 15.9. The molecule has 0 spiro atoms. The number of hydrogen-bond donors (Lipinski definition) is 2. The highest BCUT2D eigenvalue weighted by Gasteiger charge is 2.32. The molecule has 120 valence electrons. The molecule has 5 heteroatoms. The molecule has 1 fully saturated rings. The SMILES string of the molecule is CCC(c1ccccc1)C1CCCN1CC(=O)NCC(=O)O. The van der Waals surface area contributed by atoms with Crippen LogP contribution in [0.1, 0.15) is 37.7 Å². The van der Waals surface area contributed by atoms with Crippen molar-refractivity contribution in [2.24, 2.45) is 0 Å². The van der Waals surface area contributed by atoms with E-state index in [2.05, 4.69) is 41.4 Å². The maximum Gasteiger partial charge on any atom is 0.322 e. The van der Waals surface area contributed by atoms with Crippen LogP contribution >= 0.6 is 0 Å². The highest BCUT2D eigenvalue weighted by molar-refractivity contribution is 5.82. The molecule has 2 atom stereocenters. The van der Waals surface area contributed by atoms with Crippen molar-refractivity contribution in [3.05, 3.63) is 35.9 Å². The summed E-state index contributed by atoms with van der Waals surface area (Å²) in [6, 6.07) is 10.8. The second-order valence-corrected chi connectivity index (χ2v) is 5.78. The number of carboxylic acid groups (broad SMARTS) is 1. The maximum absolute atomic E-state index is 11.9. The van der Waals surface area contributed by atoms with Gasteiger partial charge in [-0.05, 0) is 37.3 Å². The van der Waals surface area contributed by atoms with E-state index in [0.29, 0.717) is 12.0 Å². The summed E-state index contributed by atoms with van der Waals surface area (Å²) in [5.74, 6) is -0.810. The summed E-state index contributed by atoms with van der Waals surface area (Å²) < 4.78 is 0. The van der Waals surface area contributed by atoms with Crippen molar-refractivity contribution in [1.82, 2.24) is 10.2 Å². The van der Waals surface area contributed by atoms with E-state index in [1.54, 1.807) is 0 Å². The fourth-order valence-electron chi connectivity index (χ4n) is 3.35. The molecule has 5 nitrogen and oxygen atoms in total. The second kappa shape index (κ2) is 7.94. The Balaban J connectivity index is 2.00. The number of amides is 1. The molecule has 2 unspecified atom stereocenters. The quantitative estimate of drug-likeness (QED) is 0.806. The molecular weight excluding hydrogens is 280 g/mol. The number of benzene rings is 1. The Hall–Kier alpha value is -1.88. The van der Waals surface area contributed by atoms with Gasteiger partial charge in [0.05, 0.1) is 6.54 Å². The first-order chi connectivity index (χ1) is 10.6. The first kappa shape index (κ1) is 16.5. The normalized spacial score (nSPS) is 19.8. The van der Waals surface area contributed by atoms with Gasteiger partial charge in [-0.3, -0.25) is 14.5 Å². The summed E-state index contributed by atoms with van der Waals surface area (Å²) in [6.07, 6.45) is 3.20. The van der Waals surface area contributed by atoms with Gasteiger partial charge in [0.2, 0.25) is 5.91 Å². The van der Waals surface area contributed by atoms with Crippen LogP contribution in [0.25, 0.3) is 0 Å². The van der Waals surface area contributed by atoms with Gasteiger partial charge in [-0.1, -0.05) is 37.3 Å². The summed E-state index contributed by atoms with van der Waals surface area (Å²) >= 11 is 0. The molecule has 1 aliphatic rings. The lowest BCUT2D eigenvalue weighted by Gasteiger charge is -2.31. The number of rotatable bonds is 7. The summed E-state index contributed by atoms with van der Waals surface area (Å²) in [7, 11) is 0. The van der Waals surface area contributed by atoms with E-state index >= 15 is 0 Å². The minimum atomic E-state index is -1.01. The standard InChI is InChI=1S/C17H24N2O3/c1-2-14(13-7-4-3-5-8-13)15-9-6-10-19(15)12-16(20)18-11-17(21)22/h3-5,7-8,14-15H,2,6,9-12H2,1H3,(H,18,20)(H,21,22). The Bertz CT molecular complexity index is 504. The van der Waals surface area contributed by atoms with Crippen LogP contribution in [-0.4, -0.2) is 47.6 Å². The Kier molecular flexibility index (Phi) is 5.95. The fraction of sp³-hybridized carbons (Fsp3) is 0.529. The molecule has 1 aliphatic heterocycles. The molecule has 0 aromatic heterocycles. The highest BCUT2D eigenvalue weighted by Crippen LogP contribution is 2.33. The Labute approximate surface area is 131 Å². The van der Waals surface area contributed by atoms with Crippen LogP contribution in [0.4, 0.5) is 0 Å². The van der Waals surface area contributed by atoms with E-state index in [4.69, 9.17) is 5.11 Å². The Morgan fingerprint density at radius 3 is 2.73 bits per heavy atom. The molecule has 1 aromatic rings. The van der Waals surface area contributed by atoms with Crippen molar-refractivity contribution >= 4 is 11.9 Å². The first-order valence-corrected chi connectivity index (χ1v) is 7.89. The zero-order valence-corrected chi connectivity index (χ0v) is 13.0. The largest absolute Gasteiger partial charge is 0.480 e. The number of carboxylic acids is 1. The average molecular weight is 304 g/mol. The number of likely N-dealkylation sites (tertiary alicyclic amines) is 1. The fourth-order valence-corrected chi connectivity index (χ4v) is 3.35. The van der Waals surface area contributed by atoms with Gasteiger partial charge < -0.3 is 10.4 Å². The van der Waals surface area contributed by atoms with Crippen molar-refractivity contribution in [2.45, 2.75) is 38.1 Å². The molecule has 1 amide bonds. The molecule has 0 aliphatic carbocycles. The molecule has 2 rings (SSSR count). The van der Waals surface area contributed by atoms with E-state index < -0.39 is 5.97 Å². The third-order valence-electron chi connectivity index (χ3n) is 4.33. The van der Waals surface area contributed by atoms with Gasteiger partial charge in [0.1, 0.15) is 6.54 Å². The van der Waals surface area contributed by atoms with Crippen LogP contribution in [0.2, 0.25) is 0 Å². The molecule has 2 N–H and O–H groups in total. The van der Waals surface area contributed by atoms with Crippen molar-refractivity contribution in [3.8, 4) is 0 Å². The topological polar surface area (TPSA) is 69.6 Å². The van der Waals surface area contributed by atoms with Gasteiger partial charge in [0, 0.05) is 6.04 Å². The van der Waals surface area contributed by atoms with Crippen molar-refractivity contribution in [1.29, 1.82) is 0 Å². The van der Waals surface area contributed by atoms with Gasteiger partial charge in [-0.2, -0.15) is 0 Å². The minimum absolute atomic E-state index is 0.211. The lowest BCUT2D eigenvalue weighted by molar-refractivity contribution is -0.138. The van der Waals surface area contributed by atoms with Gasteiger partial charge in [0.25, 0.3) is 0 Å². The van der Waals surface area contributed by atoms with Crippen molar-refractivity contribution in [3.63, 3.8) is 0 Å². The molecule has 0 radical (unpaired) electrons. The predicted molar refractivity (Wildman–Crippen MR) is 84.7 cm³/mol. The summed E-state index contributed by atoms with van der Waals surface area (Å²) in [6.45, 7) is 3.04. The molecule has 22 heavy (non-hydrogen) atoms. The smallest absolute Gasteiger partial charge is 0.322 e. The van der Waals surface area contributed by atoms with E-state index in [9.17, 15) is 9.59 Å². The number of carbonyl (C=O) groups excluding carboxylic acids is 1. The van der Waals surface area contributed by atoms with Crippen LogP contribution < -0.4 is 5.32 Å². The number of carbonyl (C=O) groups is 2. The van der Waals surface area contributed by atoms with Crippen LogP contribution in [0.15, 0.2) is 30.3 Å². The van der Waals surface area contributed by atoms with E-state index in [1.807, 2.05) is 6.07 Å². The van der Waals surface area contributed by atoms with Crippen LogP contribution in [-0.2, 0) is 9.59 Å². The van der Waals surface area contributed by atoms with Gasteiger partial charge in [0.15, 0.2) is 0 Å².